The molecule has 2 aromatic carbocycles. The van der Waals surface area contributed by atoms with Gasteiger partial charge in [0.1, 0.15) is 18.2 Å². The largest absolute Gasteiger partial charge is 0.494 e. The number of aliphatic hydroxyl groups excluding tert-OH is 1. The Kier molecular flexibility index (Phi) is 8.35. The first kappa shape index (κ1) is 23.4. The van der Waals surface area contributed by atoms with Crippen LogP contribution in [-0.4, -0.2) is 48.8 Å². The minimum Gasteiger partial charge on any atom is -0.494 e. The van der Waals surface area contributed by atoms with Crippen molar-refractivity contribution in [2.24, 2.45) is 4.99 Å². The molecule has 170 valence electrons. The molecule has 7 nitrogen and oxygen atoms in total. The number of carbonyl (C=O) groups is 1. The number of ether oxygens (including phenoxy) is 2. The van der Waals surface area contributed by atoms with Crippen LogP contribution in [0.15, 0.2) is 66.2 Å². The summed E-state index contributed by atoms with van der Waals surface area (Å²) in [5.74, 6) is 0.433. The molecule has 0 saturated heterocycles. The number of halogens is 1. The highest BCUT2D eigenvalue weighted by Gasteiger charge is 2.43. The van der Waals surface area contributed by atoms with Gasteiger partial charge in [0.25, 0.3) is 5.91 Å². The quantitative estimate of drug-likeness (QED) is 0.268. The van der Waals surface area contributed by atoms with Crippen molar-refractivity contribution in [2.45, 2.75) is 24.8 Å². The number of hydrazine groups is 1. The van der Waals surface area contributed by atoms with Gasteiger partial charge in [-0.2, -0.15) is 0 Å². The fraction of sp³-hybridized carbons (Fsp3) is 0.333. The van der Waals surface area contributed by atoms with E-state index >= 15 is 0 Å². The second-order valence-electron chi connectivity index (χ2n) is 7.40. The van der Waals surface area contributed by atoms with Gasteiger partial charge in [0.05, 0.1) is 6.61 Å². The van der Waals surface area contributed by atoms with Gasteiger partial charge in [0.15, 0.2) is 5.54 Å². The monoisotopic (exact) mass is 441 g/mol. The summed E-state index contributed by atoms with van der Waals surface area (Å²) in [5.41, 5.74) is 5.68. The molecule has 0 aliphatic carbocycles. The summed E-state index contributed by atoms with van der Waals surface area (Å²) >= 11 is 0. The number of hydrogen-bond acceptors (Lipinski definition) is 6. The SMILES string of the molecule is C=CC[C@@]1(C(=O)NNCCc2ccccc2F)COC(c2ccc(OCCCO)cc2)=N1. The number of benzene rings is 2. The number of carbonyl (C=O) groups excluding carboxylic acids is 1. The average molecular weight is 442 g/mol. The Morgan fingerprint density at radius 2 is 2.06 bits per heavy atom. The molecule has 8 heteroatoms. The smallest absolute Gasteiger partial charge is 0.266 e. The third-order valence-electron chi connectivity index (χ3n) is 5.02. The normalized spacial score (nSPS) is 17.4. The lowest BCUT2D eigenvalue weighted by Gasteiger charge is -2.21. The summed E-state index contributed by atoms with van der Waals surface area (Å²) in [7, 11) is 0. The van der Waals surface area contributed by atoms with Crippen LogP contribution in [-0.2, 0) is 16.0 Å². The number of hydrogen-bond donors (Lipinski definition) is 3. The van der Waals surface area contributed by atoms with Crippen molar-refractivity contribution in [1.82, 2.24) is 10.9 Å². The second-order valence-corrected chi connectivity index (χ2v) is 7.40. The van der Waals surface area contributed by atoms with Crippen LogP contribution in [0.25, 0.3) is 0 Å². The summed E-state index contributed by atoms with van der Waals surface area (Å²) in [4.78, 5) is 17.5. The van der Waals surface area contributed by atoms with Crippen molar-refractivity contribution in [3.05, 3.63) is 78.1 Å². The van der Waals surface area contributed by atoms with Gasteiger partial charge in [-0.25, -0.2) is 14.8 Å². The Labute approximate surface area is 186 Å². The molecule has 1 aliphatic rings. The van der Waals surface area contributed by atoms with Crippen LogP contribution in [0.1, 0.15) is 24.0 Å². The van der Waals surface area contributed by atoms with E-state index in [1.807, 2.05) is 12.1 Å². The molecule has 1 aliphatic heterocycles. The third kappa shape index (κ3) is 5.93. The van der Waals surface area contributed by atoms with E-state index in [-0.39, 0.29) is 24.9 Å². The van der Waals surface area contributed by atoms with Gasteiger partial charge >= 0.3 is 0 Å². The van der Waals surface area contributed by atoms with Crippen molar-refractivity contribution in [2.75, 3.05) is 26.4 Å². The maximum Gasteiger partial charge on any atom is 0.266 e. The van der Waals surface area contributed by atoms with Crippen LogP contribution >= 0.6 is 0 Å². The lowest BCUT2D eigenvalue weighted by molar-refractivity contribution is -0.127. The van der Waals surface area contributed by atoms with Crippen molar-refractivity contribution < 1.29 is 23.8 Å². The molecule has 3 rings (SSSR count). The number of rotatable bonds is 12. The molecule has 0 spiro atoms. The molecule has 0 bridgehead atoms. The van der Waals surface area contributed by atoms with Crippen LogP contribution in [0.4, 0.5) is 4.39 Å². The molecule has 0 unspecified atom stereocenters. The predicted octanol–water partition coefficient (Wildman–Crippen LogP) is 2.54. The molecular formula is C24H28FN3O4. The molecule has 3 N–H and O–H groups in total. The van der Waals surface area contributed by atoms with E-state index in [9.17, 15) is 9.18 Å². The first-order chi connectivity index (χ1) is 15.6. The fourth-order valence-electron chi connectivity index (χ4n) is 3.25. The fourth-order valence-corrected chi connectivity index (χ4v) is 3.25. The lowest BCUT2D eigenvalue weighted by Crippen LogP contribution is -2.51. The Morgan fingerprint density at radius 3 is 2.78 bits per heavy atom. The first-order valence-electron chi connectivity index (χ1n) is 10.5. The Morgan fingerprint density at radius 1 is 1.28 bits per heavy atom. The van der Waals surface area contributed by atoms with E-state index in [4.69, 9.17) is 14.6 Å². The van der Waals surface area contributed by atoms with Crippen molar-refractivity contribution in [3.63, 3.8) is 0 Å². The van der Waals surface area contributed by atoms with E-state index in [0.717, 1.165) is 5.56 Å². The zero-order valence-electron chi connectivity index (χ0n) is 17.9. The Balaban J connectivity index is 1.60. The number of nitrogens with one attached hydrogen (secondary N) is 2. The number of nitrogens with zero attached hydrogens (tertiary/aromatic N) is 1. The molecule has 0 radical (unpaired) electrons. The molecule has 0 saturated carbocycles. The highest BCUT2D eigenvalue weighted by Crippen LogP contribution is 2.27. The highest BCUT2D eigenvalue weighted by molar-refractivity contribution is 6.00. The van der Waals surface area contributed by atoms with E-state index < -0.39 is 5.54 Å². The van der Waals surface area contributed by atoms with E-state index in [1.165, 1.54) is 6.07 Å². The summed E-state index contributed by atoms with van der Waals surface area (Å²) in [5, 5.41) is 8.83. The zero-order valence-corrected chi connectivity index (χ0v) is 17.9. The van der Waals surface area contributed by atoms with Gasteiger partial charge in [-0.1, -0.05) is 24.3 Å². The van der Waals surface area contributed by atoms with Crippen molar-refractivity contribution >= 4 is 11.8 Å². The van der Waals surface area contributed by atoms with Gasteiger partial charge in [-0.3, -0.25) is 10.2 Å². The highest BCUT2D eigenvalue weighted by atomic mass is 19.1. The lowest BCUT2D eigenvalue weighted by atomic mass is 9.97. The van der Waals surface area contributed by atoms with Gasteiger partial charge in [0, 0.05) is 31.6 Å². The summed E-state index contributed by atoms with van der Waals surface area (Å²) < 4.78 is 25.0. The molecule has 32 heavy (non-hydrogen) atoms. The van der Waals surface area contributed by atoms with E-state index in [2.05, 4.69) is 22.4 Å². The average Bonchev–Trinajstić information content (AvgIpc) is 3.24. The molecule has 1 heterocycles. The maximum absolute atomic E-state index is 13.7. The predicted molar refractivity (Wildman–Crippen MR) is 120 cm³/mol. The van der Waals surface area contributed by atoms with Crippen LogP contribution in [0.5, 0.6) is 5.75 Å². The minimum absolute atomic E-state index is 0.0776. The van der Waals surface area contributed by atoms with Gasteiger partial charge in [0.2, 0.25) is 5.90 Å². The van der Waals surface area contributed by atoms with Gasteiger partial charge in [-0.15, -0.1) is 6.58 Å². The minimum atomic E-state index is -1.13. The number of aliphatic hydroxyl groups is 1. The molecular weight excluding hydrogens is 413 g/mol. The van der Waals surface area contributed by atoms with Crippen LogP contribution in [0.2, 0.25) is 0 Å². The topological polar surface area (TPSA) is 92.2 Å². The van der Waals surface area contributed by atoms with Crippen LogP contribution in [0.3, 0.4) is 0 Å². The zero-order chi connectivity index (χ0) is 22.8. The van der Waals surface area contributed by atoms with Crippen LogP contribution in [0, 0.1) is 5.82 Å². The van der Waals surface area contributed by atoms with Crippen LogP contribution < -0.4 is 15.6 Å². The molecule has 1 amide bonds. The van der Waals surface area contributed by atoms with E-state index in [1.54, 1.807) is 36.4 Å². The molecule has 0 fully saturated rings. The van der Waals surface area contributed by atoms with Crippen molar-refractivity contribution in [3.8, 4) is 5.75 Å². The number of amides is 1. The van der Waals surface area contributed by atoms with E-state index in [0.29, 0.717) is 49.6 Å². The molecule has 0 aromatic heterocycles. The third-order valence-corrected chi connectivity index (χ3v) is 5.02. The summed E-state index contributed by atoms with van der Waals surface area (Å²) in [6.07, 6.45) is 2.93. The maximum atomic E-state index is 13.7. The molecule has 2 aromatic rings. The summed E-state index contributed by atoms with van der Waals surface area (Å²) in [6.45, 7) is 4.70. The number of aliphatic imine (C=N–C) groups is 1. The van der Waals surface area contributed by atoms with Gasteiger partial charge < -0.3 is 14.6 Å². The van der Waals surface area contributed by atoms with Crippen molar-refractivity contribution in [1.29, 1.82) is 0 Å². The first-order valence-corrected chi connectivity index (χ1v) is 10.5. The summed E-state index contributed by atoms with van der Waals surface area (Å²) in [6, 6.07) is 13.7. The second kappa shape index (κ2) is 11.4. The standard InChI is InChI=1S/C24H28FN3O4/c1-2-13-24(23(30)28-26-14-12-18-6-3-4-7-21(18)25)17-32-22(27-24)19-8-10-20(11-9-19)31-16-5-15-29/h2-4,6-11,26,29H,1,5,12-17H2,(H,28,30)/t24-/m0/s1. The molecule has 1 atom stereocenters. The Bertz CT molecular complexity index is 949. The Hall–Kier alpha value is -3.23. The van der Waals surface area contributed by atoms with Gasteiger partial charge in [-0.05, 0) is 42.3 Å².